The van der Waals surface area contributed by atoms with Crippen LogP contribution in [0.25, 0.3) is 0 Å². The number of carbonyl (C=O) groups is 1. The van der Waals surface area contributed by atoms with Crippen LogP contribution in [-0.4, -0.2) is 135 Å². The van der Waals surface area contributed by atoms with E-state index in [0.29, 0.717) is 68.9 Å². The maximum absolute atomic E-state index is 13.6. The Kier molecular flexibility index (Phi) is 9.05. The molecule has 2 saturated heterocycles. The second-order valence-corrected chi connectivity index (χ2v) is 11.0. The van der Waals surface area contributed by atoms with Crippen molar-refractivity contribution in [3.63, 3.8) is 0 Å². The average molecular weight is 598 g/mol. The van der Waals surface area contributed by atoms with E-state index in [1.54, 1.807) is 18.9 Å². The molecule has 5 heterocycles. The number of anilines is 2. The average Bonchev–Trinajstić information content (AvgIpc) is 3.54. The molecule has 0 bridgehead atoms. The summed E-state index contributed by atoms with van der Waals surface area (Å²) in [6.45, 7) is 10.3. The van der Waals surface area contributed by atoms with Crippen LogP contribution < -0.4 is 25.0 Å². The van der Waals surface area contributed by atoms with Crippen molar-refractivity contribution < 1.29 is 23.4 Å². The molecule has 2 fully saturated rings. The lowest BCUT2D eigenvalue weighted by molar-refractivity contribution is 0.0357. The van der Waals surface area contributed by atoms with E-state index in [1.807, 2.05) is 21.9 Å². The highest BCUT2D eigenvalue weighted by molar-refractivity contribution is 6.08. The largest absolute Gasteiger partial charge is 0.491 e. The topological polar surface area (TPSA) is 120 Å². The van der Waals surface area contributed by atoms with Crippen molar-refractivity contribution in [3.8, 4) is 11.5 Å². The fraction of sp³-hybridized carbons (Fsp3) is 0.586. The molecule has 14 heteroatoms. The van der Waals surface area contributed by atoms with Gasteiger partial charge in [-0.15, -0.1) is 0 Å². The smallest absolute Gasteiger partial charge is 0.257 e. The minimum atomic E-state index is -0.972. The van der Waals surface area contributed by atoms with E-state index < -0.39 is 12.6 Å². The number of morpholine rings is 1. The monoisotopic (exact) mass is 597 g/mol. The van der Waals surface area contributed by atoms with Gasteiger partial charge in [0.2, 0.25) is 5.95 Å². The molecule has 2 aromatic rings. The number of nitrogens with one attached hydrogen (secondary N) is 2. The number of alkyl halides is 1. The Balaban J connectivity index is 1.11. The number of benzene rings is 1. The molecular formula is C29H40FN9O4. The number of amides is 1. The molecule has 0 spiro atoms. The number of ether oxygens (including phenoxy) is 3. The summed E-state index contributed by atoms with van der Waals surface area (Å²) in [5, 5.41) is 6.51. The second kappa shape index (κ2) is 13.3. The number of nitrogens with zero attached hydrogens (tertiary/aromatic N) is 7. The molecule has 0 radical (unpaired) electrons. The molecule has 6 rings (SSSR count). The first-order valence-corrected chi connectivity index (χ1v) is 15.0. The molecule has 1 amide bonds. The zero-order chi connectivity index (χ0) is 29.8. The number of rotatable bonds is 10. The van der Waals surface area contributed by atoms with Gasteiger partial charge in [0.15, 0.2) is 24.1 Å². The van der Waals surface area contributed by atoms with E-state index in [9.17, 15) is 9.18 Å². The first-order valence-electron chi connectivity index (χ1n) is 15.0. The number of piperazine rings is 1. The van der Waals surface area contributed by atoms with Gasteiger partial charge in [-0.25, -0.2) is 14.4 Å². The van der Waals surface area contributed by atoms with E-state index in [2.05, 4.69) is 25.5 Å². The Morgan fingerprint density at radius 1 is 1.14 bits per heavy atom. The fourth-order valence-corrected chi connectivity index (χ4v) is 5.87. The summed E-state index contributed by atoms with van der Waals surface area (Å²) < 4.78 is 31.0. The number of carbonyl (C=O) groups excluding carboxylic acids is 1. The molecule has 0 saturated carbocycles. The van der Waals surface area contributed by atoms with Crippen molar-refractivity contribution in [3.05, 3.63) is 35.7 Å². The molecule has 1 aromatic carbocycles. The van der Waals surface area contributed by atoms with Crippen LogP contribution in [0.2, 0.25) is 0 Å². The third kappa shape index (κ3) is 6.45. The number of aliphatic imine (C=N–C) groups is 1. The summed E-state index contributed by atoms with van der Waals surface area (Å²) in [6.07, 6.45) is 2.42. The first kappa shape index (κ1) is 29.3. The van der Waals surface area contributed by atoms with Gasteiger partial charge in [0.25, 0.3) is 5.91 Å². The highest BCUT2D eigenvalue weighted by Crippen LogP contribution is 2.42. The summed E-state index contributed by atoms with van der Waals surface area (Å²) in [7, 11) is 1.62. The Morgan fingerprint density at radius 3 is 2.63 bits per heavy atom. The van der Waals surface area contributed by atoms with Gasteiger partial charge >= 0.3 is 0 Å². The summed E-state index contributed by atoms with van der Waals surface area (Å²) in [6, 6.07) is 3.90. The van der Waals surface area contributed by atoms with Gasteiger partial charge < -0.3 is 34.6 Å². The van der Waals surface area contributed by atoms with E-state index in [-0.39, 0.29) is 5.91 Å². The van der Waals surface area contributed by atoms with Gasteiger partial charge in [0.05, 0.1) is 44.7 Å². The maximum atomic E-state index is 13.6. The zero-order valence-corrected chi connectivity index (χ0v) is 24.8. The van der Waals surface area contributed by atoms with Gasteiger partial charge in [-0.2, -0.15) is 0 Å². The molecular weight excluding hydrogens is 557 g/mol. The quantitative estimate of drug-likeness (QED) is 0.304. The minimum absolute atomic E-state index is 0.315. The van der Waals surface area contributed by atoms with Crippen LogP contribution in [0.3, 0.4) is 0 Å². The number of halogens is 1. The summed E-state index contributed by atoms with van der Waals surface area (Å²) in [5.74, 6) is 2.23. The number of amidine groups is 1. The van der Waals surface area contributed by atoms with Crippen molar-refractivity contribution in [2.24, 2.45) is 4.99 Å². The first-order chi connectivity index (χ1) is 21.0. The molecule has 2 N–H and O–H groups in total. The van der Waals surface area contributed by atoms with Crippen molar-refractivity contribution in [1.82, 2.24) is 30.0 Å². The molecule has 4 aliphatic rings. The van der Waals surface area contributed by atoms with Crippen LogP contribution in [-0.2, 0) is 4.74 Å². The van der Waals surface area contributed by atoms with Gasteiger partial charge in [-0.1, -0.05) is 0 Å². The van der Waals surface area contributed by atoms with Gasteiger partial charge in [0.1, 0.15) is 5.84 Å². The molecule has 43 heavy (non-hydrogen) atoms. The van der Waals surface area contributed by atoms with Crippen LogP contribution >= 0.6 is 0 Å². The predicted molar refractivity (Wildman–Crippen MR) is 160 cm³/mol. The minimum Gasteiger partial charge on any atom is -0.491 e. The van der Waals surface area contributed by atoms with Crippen molar-refractivity contribution in [2.75, 3.05) is 96.0 Å². The highest BCUT2D eigenvalue weighted by Gasteiger charge is 2.36. The lowest BCUT2D eigenvalue weighted by atomic mass is 10.1. The number of hydrogen-bond donors (Lipinski definition) is 2. The fourth-order valence-electron chi connectivity index (χ4n) is 5.87. The van der Waals surface area contributed by atoms with Gasteiger partial charge in [0, 0.05) is 70.3 Å². The van der Waals surface area contributed by atoms with Crippen LogP contribution in [0.4, 0.5) is 16.0 Å². The van der Waals surface area contributed by atoms with Crippen molar-refractivity contribution in [1.29, 1.82) is 0 Å². The Bertz CT molecular complexity index is 1300. The van der Waals surface area contributed by atoms with E-state index in [0.717, 1.165) is 56.4 Å². The van der Waals surface area contributed by atoms with Crippen LogP contribution in [0.1, 0.15) is 29.3 Å². The molecule has 4 aliphatic heterocycles. The Labute approximate surface area is 251 Å². The highest BCUT2D eigenvalue weighted by atomic mass is 19.1. The van der Waals surface area contributed by atoms with E-state index >= 15 is 0 Å². The molecule has 1 aromatic heterocycles. The lowest BCUT2D eigenvalue weighted by Gasteiger charge is -2.38. The SMILES string of the molecule is COc1c(OCCCN2CCOCC2)ccc2c1NC(NC(=O)c1cnc(N3CCN(C(C)F)CC3)nc1)N1CCN=C21. The number of hydrogen-bond acceptors (Lipinski definition) is 12. The summed E-state index contributed by atoms with van der Waals surface area (Å²) in [5.41, 5.74) is 1.97. The molecule has 0 aliphatic carbocycles. The molecule has 13 nitrogen and oxygen atoms in total. The van der Waals surface area contributed by atoms with Crippen molar-refractivity contribution >= 4 is 23.4 Å². The van der Waals surface area contributed by atoms with Crippen LogP contribution in [0, 0.1) is 0 Å². The number of fused-ring (bicyclic) bond motifs is 3. The molecule has 2 unspecified atom stereocenters. The molecule has 2 atom stereocenters. The van der Waals surface area contributed by atoms with Gasteiger partial charge in [-0.05, 0) is 25.5 Å². The van der Waals surface area contributed by atoms with Crippen LogP contribution in [0.15, 0.2) is 29.5 Å². The van der Waals surface area contributed by atoms with Crippen LogP contribution in [0.5, 0.6) is 11.5 Å². The maximum Gasteiger partial charge on any atom is 0.257 e. The Morgan fingerprint density at radius 2 is 1.91 bits per heavy atom. The van der Waals surface area contributed by atoms with E-state index in [4.69, 9.17) is 19.2 Å². The number of methoxy groups -OCH3 is 1. The summed E-state index contributed by atoms with van der Waals surface area (Å²) >= 11 is 0. The van der Waals surface area contributed by atoms with Crippen molar-refractivity contribution in [2.45, 2.75) is 25.9 Å². The Hall–Kier alpha value is -3.75. The lowest BCUT2D eigenvalue weighted by Crippen LogP contribution is -2.57. The van der Waals surface area contributed by atoms with Gasteiger partial charge in [-0.3, -0.25) is 19.6 Å². The third-order valence-electron chi connectivity index (χ3n) is 8.28. The zero-order valence-electron chi connectivity index (χ0n) is 24.8. The number of aromatic nitrogens is 2. The molecule has 232 valence electrons. The third-order valence-corrected chi connectivity index (χ3v) is 8.28. The predicted octanol–water partition coefficient (Wildman–Crippen LogP) is 1.23. The normalized spacial score (nSPS) is 21.4. The second-order valence-electron chi connectivity index (χ2n) is 11.0. The summed E-state index contributed by atoms with van der Waals surface area (Å²) in [4.78, 5) is 35.1. The standard InChI is InChI=1S/C29H40FN9O4/c1-20(30)37-9-11-38(12-10-37)28-32-18-21(19-33-28)27(40)35-29-34-24-22(26-31-6-8-39(26)29)4-5-23(25(24)41-2)43-15-3-7-36-13-16-42-17-14-36/h4-5,18-20,29,34H,3,6-17H2,1-2H3,(H,35,40). The van der Waals surface area contributed by atoms with E-state index in [1.165, 1.54) is 12.4 Å².